The first kappa shape index (κ1) is 17.7. The van der Waals surface area contributed by atoms with E-state index in [9.17, 15) is 23.3 Å². The molecule has 0 saturated heterocycles. The van der Waals surface area contributed by atoms with Crippen LogP contribution in [0.25, 0.3) is 0 Å². The topological polar surface area (TPSA) is 106 Å². The van der Waals surface area contributed by atoms with Crippen molar-refractivity contribution in [1.82, 2.24) is 5.32 Å². The zero-order valence-corrected chi connectivity index (χ0v) is 13.4. The van der Waals surface area contributed by atoms with E-state index in [0.29, 0.717) is 12.6 Å². The maximum absolute atomic E-state index is 12.0. The molecule has 10 heteroatoms. The molecule has 116 valence electrons. The van der Waals surface area contributed by atoms with E-state index in [4.69, 9.17) is 22.3 Å². The molecule has 0 unspecified atom stereocenters. The van der Waals surface area contributed by atoms with E-state index in [-0.39, 0.29) is 11.5 Å². The predicted molar refractivity (Wildman–Crippen MR) is 78.3 cm³/mol. The number of benzene rings is 1. The molecule has 0 aliphatic heterocycles. The highest BCUT2D eigenvalue weighted by Gasteiger charge is 2.26. The number of nitro groups is 1. The second-order valence-electron chi connectivity index (χ2n) is 4.60. The van der Waals surface area contributed by atoms with Crippen molar-refractivity contribution in [3.05, 3.63) is 32.8 Å². The molecule has 1 N–H and O–H groups in total. The van der Waals surface area contributed by atoms with Crippen molar-refractivity contribution in [3.8, 4) is 0 Å². The minimum atomic E-state index is -4.32. The summed E-state index contributed by atoms with van der Waals surface area (Å²) in [4.78, 5) is 21.3. The summed E-state index contributed by atoms with van der Waals surface area (Å²) >= 11 is 5.83. The maximum atomic E-state index is 12.0. The number of carbonyl (C=O) groups excluding carboxylic acids is 1. The van der Waals surface area contributed by atoms with Gasteiger partial charge in [-0.2, -0.15) is 0 Å². The van der Waals surface area contributed by atoms with Crippen molar-refractivity contribution < 1.29 is 18.1 Å². The molecular formula is C11H12Cl2N2O5S. The van der Waals surface area contributed by atoms with E-state index >= 15 is 0 Å². The molecule has 1 rings (SSSR count). The molecule has 0 aliphatic rings. The number of nitrogens with one attached hydrogen (secondary N) is 1. The maximum Gasteiger partial charge on any atom is 0.271 e. The number of carbonyl (C=O) groups is 1. The van der Waals surface area contributed by atoms with Crippen LogP contribution in [0, 0.1) is 16.0 Å². The van der Waals surface area contributed by atoms with Crippen LogP contribution in [0.5, 0.6) is 0 Å². The van der Waals surface area contributed by atoms with E-state index in [2.05, 4.69) is 5.32 Å². The summed E-state index contributed by atoms with van der Waals surface area (Å²) in [6.07, 6.45) is 0. The predicted octanol–water partition coefficient (Wildman–Crippen LogP) is 2.56. The normalized spacial score (nSPS) is 11.5. The van der Waals surface area contributed by atoms with Gasteiger partial charge in [0.2, 0.25) is 0 Å². The minimum absolute atomic E-state index is 0.141. The number of hydrogen-bond acceptors (Lipinski definition) is 5. The summed E-state index contributed by atoms with van der Waals surface area (Å²) in [5, 5.41) is 12.9. The van der Waals surface area contributed by atoms with Crippen LogP contribution in [-0.2, 0) is 9.05 Å². The SMILES string of the molecule is CC(C)CNC(=O)c1cc([N+](=O)[O-])cc(S(=O)(=O)Cl)c1Cl. The Morgan fingerprint density at radius 3 is 2.43 bits per heavy atom. The van der Waals surface area contributed by atoms with Crippen molar-refractivity contribution in [2.75, 3.05) is 6.54 Å². The van der Waals surface area contributed by atoms with Crippen LogP contribution in [0.3, 0.4) is 0 Å². The van der Waals surface area contributed by atoms with Gasteiger partial charge >= 0.3 is 0 Å². The molecule has 0 aromatic heterocycles. The van der Waals surface area contributed by atoms with Gasteiger partial charge in [0, 0.05) is 29.4 Å². The summed E-state index contributed by atoms with van der Waals surface area (Å²) in [6, 6.07) is 1.62. The fraction of sp³-hybridized carbons (Fsp3) is 0.364. The summed E-state index contributed by atoms with van der Waals surface area (Å²) in [5.74, 6) is -0.568. The number of non-ortho nitro benzene ring substituents is 1. The fourth-order valence-corrected chi connectivity index (χ4v) is 2.99. The minimum Gasteiger partial charge on any atom is -0.352 e. The van der Waals surface area contributed by atoms with Gasteiger partial charge < -0.3 is 5.32 Å². The van der Waals surface area contributed by atoms with Crippen molar-refractivity contribution in [1.29, 1.82) is 0 Å². The smallest absolute Gasteiger partial charge is 0.271 e. The highest BCUT2D eigenvalue weighted by atomic mass is 35.7. The first-order chi connectivity index (χ1) is 9.54. The average Bonchev–Trinajstić information content (AvgIpc) is 2.34. The lowest BCUT2D eigenvalue weighted by atomic mass is 10.1. The third-order valence-corrected chi connectivity index (χ3v) is 4.28. The highest BCUT2D eigenvalue weighted by molar-refractivity contribution is 8.13. The molecule has 1 aromatic carbocycles. The van der Waals surface area contributed by atoms with E-state index < -0.39 is 35.5 Å². The Morgan fingerprint density at radius 2 is 2.00 bits per heavy atom. The van der Waals surface area contributed by atoms with Crippen molar-refractivity contribution >= 4 is 42.9 Å². The Bertz CT molecular complexity index is 688. The van der Waals surface area contributed by atoms with Crippen LogP contribution in [0.15, 0.2) is 17.0 Å². The molecule has 1 amide bonds. The number of nitro benzene ring substituents is 1. The van der Waals surface area contributed by atoms with Crippen LogP contribution in [0.2, 0.25) is 5.02 Å². The van der Waals surface area contributed by atoms with E-state index in [1.165, 1.54) is 0 Å². The molecule has 0 bridgehead atoms. The zero-order valence-electron chi connectivity index (χ0n) is 11.1. The quantitative estimate of drug-likeness (QED) is 0.496. The second kappa shape index (κ2) is 6.59. The van der Waals surface area contributed by atoms with Gasteiger partial charge in [-0.1, -0.05) is 25.4 Å². The van der Waals surface area contributed by atoms with Gasteiger partial charge in [0.05, 0.1) is 15.5 Å². The molecular weight excluding hydrogens is 343 g/mol. The number of halogens is 2. The monoisotopic (exact) mass is 354 g/mol. The first-order valence-corrected chi connectivity index (χ1v) is 8.43. The van der Waals surface area contributed by atoms with Crippen molar-refractivity contribution in [3.63, 3.8) is 0 Å². The molecule has 7 nitrogen and oxygen atoms in total. The Morgan fingerprint density at radius 1 is 1.43 bits per heavy atom. The van der Waals surface area contributed by atoms with Gasteiger partial charge in [-0.05, 0) is 5.92 Å². The van der Waals surface area contributed by atoms with Gasteiger partial charge in [-0.15, -0.1) is 0 Å². The molecule has 0 spiro atoms. The average molecular weight is 355 g/mol. The fourth-order valence-electron chi connectivity index (χ4n) is 1.42. The summed E-state index contributed by atoms with van der Waals surface area (Å²) in [6.45, 7) is 4.01. The van der Waals surface area contributed by atoms with Gasteiger partial charge in [-0.3, -0.25) is 14.9 Å². The van der Waals surface area contributed by atoms with Crippen molar-refractivity contribution in [2.45, 2.75) is 18.7 Å². The lowest BCUT2D eigenvalue weighted by Gasteiger charge is -2.10. The Balaban J connectivity index is 3.41. The number of rotatable bonds is 5. The Kier molecular flexibility index (Phi) is 5.54. The van der Waals surface area contributed by atoms with E-state index in [0.717, 1.165) is 6.07 Å². The standard InChI is InChI=1S/C11H12Cl2N2O5S/c1-6(2)5-14-11(16)8-3-7(15(17)18)4-9(10(8)12)21(13,19)20/h3-4,6H,5H2,1-2H3,(H,14,16). The zero-order chi connectivity index (χ0) is 16.4. The number of amides is 1. The van der Waals surface area contributed by atoms with Gasteiger partial charge in [-0.25, -0.2) is 8.42 Å². The Hall–Kier alpha value is -1.38. The lowest BCUT2D eigenvalue weighted by Crippen LogP contribution is -2.27. The van der Waals surface area contributed by atoms with Crippen LogP contribution in [0.4, 0.5) is 5.69 Å². The molecule has 0 saturated carbocycles. The first-order valence-electron chi connectivity index (χ1n) is 5.74. The van der Waals surface area contributed by atoms with Crippen LogP contribution in [0.1, 0.15) is 24.2 Å². The van der Waals surface area contributed by atoms with E-state index in [1.54, 1.807) is 0 Å². The summed E-state index contributed by atoms with van der Waals surface area (Å²) in [5.41, 5.74) is -0.904. The lowest BCUT2D eigenvalue weighted by molar-refractivity contribution is -0.385. The molecule has 21 heavy (non-hydrogen) atoms. The second-order valence-corrected chi connectivity index (χ2v) is 7.52. The third-order valence-electron chi connectivity index (χ3n) is 2.41. The van der Waals surface area contributed by atoms with Gasteiger partial charge in [0.15, 0.2) is 0 Å². The van der Waals surface area contributed by atoms with Crippen LogP contribution >= 0.6 is 22.3 Å². The van der Waals surface area contributed by atoms with Crippen molar-refractivity contribution in [2.24, 2.45) is 5.92 Å². The van der Waals surface area contributed by atoms with Gasteiger partial charge in [0.25, 0.3) is 20.6 Å². The largest absolute Gasteiger partial charge is 0.352 e. The van der Waals surface area contributed by atoms with E-state index in [1.807, 2.05) is 13.8 Å². The summed E-state index contributed by atoms with van der Waals surface area (Å²) < 4.78 is 22.8. The van der Waals surface area contributed by atoms with Crippen LogP contribution < -0.4 is 5.32 Å². The molecule has 0 aliphatic carbocycles. The molecule has 0 radical (unpaired) electrons. The highest BCUT2D eigenvalue weighted by Crippen LogP contribution is 2.32. The number of hydrogen-bond donors (Lipinski definition) is 1. The molecule has 1 aromatic rings. The van der Waals surface area contributed by atoms with Crippen LogP contribution in [-0.4, -0.2) is 25.8 Å². The number of nitrogens with zero attached hydrogens (tertiary/aromatic N) is 1. The third kappa shape index (κ3) is 4.55. The molecule has 0 fully saturated rings. The summed E-state index contributed by atoms with van der Waals surface area (Å²) in [7, 11) is 0.857. The molecule has 0 heterocycles. The van der Waals surface area contributed by atoms with Gasteiger partial charge in [0.1, 0.15) is 4.90 Å². The Labute approximate surface area is 130 Å². The molecule has 0 atom stereocenters.